The van der Waals surface area contributed by atoms with Crippen molar-refractivity contribution in [2.24, 2.45) is 5.92 Å². The molecule has 2 aromatic carbocycles. The van der Waals surface area contributed by atoms with Crippen LogP contribution in [-0.4, -0.2) is 11.5 Å². The van der Waals surface area contributed by atoms with Crippen molar-refractivity contribution in [2.75, 3.05) is 11.9 Å². The van der Waals surface area contributed by atoms with Crippen LogP contribution >= 0.6 is 15.9 Å². The second-order valence-corrected chi connectivity index (χ2v) is 7.45. The average molecular weight is 415 g/mol. The summed E-state index contributed by atoms with van der Waals surface area (Å²) in [6.07, 6.45) is 5.29. The maximum atomic E-state index is 11.7. The second kappa shape index (κ2) is 6.76. The summed E-state index contributed by atoms with van der Waals surface area (Å²) in [7, 11) is 0. The van der Waals surface area contributed by atoms with E-state index in [1.54, 1.807) is 0 Å². The number of benzene rings is 2. The highest BCUT2D eigenvalue weighted by Crippen LogP contribution is 2.53. The third kappa shape index (κ3) is 2.78. The Bertz CT molecular complexity index is 897. The van der Waals surface area contributed by atoms with Crippen molar-refractivity contribution in [3.63, 3.8) is 0 Å². The molecule has 0 unspecified atom stereocenters. The summed E-state index contributed by atoms with van der Waals surface area (Å²) in [5, 5.41) is 15.2. The zero-order valence-electron chi connectivity index (χ0n) is 14.3. The van der Waals surface area contributed by atoms with E-state index in [2.05, 4.69) is 39.5 Å². The molecule has 0 saturated carbocycles. The lowest BCUT2D eigenvalue weighted by atomic mass is 9.76. The molecule has 3 atom stereocenters. The molecule has 2 aromatic rings. The number of ether oxygens (including phenoxy) is 1. The number of allylic oxidation sites excluding steroid dienone is 2. The number of anilines is 1. The highest BCUT2D eigenvalue weighted by Gasteiger charge is 2.41. The first-order valence-corrected chi connectivity index (χ1v) is 9.52. The van der Waals surface area contributed by atoms with E-state index in [0.717, 1.165) is 22.0 Å². The molecule has 1 N–H and O–H groups in total. The van der Waals surface area contributed by atoms with E-state index in [0.29, 0.717) is 24.0 Å². The van der Waals surface area contributed by atoms with Gasteiger partial charge in [-0.05, 0) is 42.5 Å². The Morgan fingerprint density at radius 1 is 1.31 bits per heavy atom. The van der Waals surface area contributed by atoms with Crippen molar-refractivity contribution in [2.45, 2.75) is 25.3 Å². The van der Waals surface area contributed by atoms with Crippen LogP contribution in [0, 0.1) is 16.0 Å². The lowest BCUT2D eigenvalue weighted by molar-refractivity contribution is -0.384. The van der Waals surface area contributed by atoms with Gasteiger partial charge in [-0.2, -0.15) is 0 Å². The van der Waals surface area contributed by atoms with Gasteiger partial charge >= 0.3 is 0 Å². The number of nitro benzene ring substituents is 1. The van der Waals surface area contributed by atoms with Gasteiger partial charge in [0.1, 0.15) is 11.4 Å². The summed E-state index contributed by atoms with van der Waals surface area (Å²) in [6.45, 7) is 2.36. The monoisotopic (exact) mass is 414 g/mol. The third-order valence-corrected chi connectivity index (χ3v) is 5.89. The maximum absolute atomic E-state index is 11.7. The van der Waals surface area contributed by atoms with Crippen molar-refractivity contribution in [1.82, 2.24) is 0 Å². The molecule has 2 aliphatic rings. The van der Waals surface area contributed by atoms with Crippen LogP contribution in [0.25, 0.3) is 0 Å². The van der Waals surface area contributed by atoms with E-state index in [9.17, 15) is 10.1 Å². The lowest BCUT2D eigenvalue weighted by Crippen LogP contribution is -2.30. The highest BCUT2D eigenvalue weighted by atomic mass is 79.9. The number of hydrogen-bond donors (Lipinski definition) is 1. The van der Waals surface area contributed by atoms with Crippen molar-refractivity contribution in [1.29, 1.82) is 0 Å². The molecule has 26 heavy (non-hydrogen) atoms. The molecule has 0 spiro atoms. The number of fused-ring (bicyclic) bond motifs is 3. The minimum atomic E-state index is -0.329. The topological polar surface area (TPSA) is 64.4 Å². The molecule has 6 heteroatoms. The summed E-state index contributed by atoms with van der Waals surface area (Å²) < 4.78 is 6.59. The summed E-state index contributed by atoms with van der Waals surface area (Å²) >= 11 is 3.63. The largest absolute Gasteiger partial charge is 0.494 e. The van der Waals surface area contributed by atoms with Crippen LogP contribution in [0.4, 0.5) is 11.4 Å². The van der Waals surface area contributed by atoms with Crippen LogP contribution in [0.15, 0.2) is 53.0 Å². The molecule has 0 bridgehead atoms. The minimum absolute atomic E-state index is 0.00900. The number of halogens is 1. The SMILES string of the molecule is CCOc1cc2c(c([N+](=O)[O-])c1)N[C@H](c1ccccc1Br)[C@H]1CC=C[C@H]21. The first kappa shape index (κ1) is 17.1. The zero-order chi connectivity index (χ0) is 18.3. The summed E-state index contributed by atoms with van der Waals surface area (Å²) in [6, 6.07) is 11.5. The van der Waals surface area contributed by atoms with Gasteiger partial charge in [-0.25, -0.2) is 0 Å². The minimum Gasteiger partial charge on any atom is -0.494 e. The molecule has 1 heterocycles. The van der Waals surface area contributed by atoms with Gasteiger partial charge in [0.25, 0.3) is 5.69 Å². The van der Waals surface area contributed by atoms with Crippen LogP contribution in [0.1, 0.15) is 36.4 Å². The molecular formula is C20H19BrN2O3. The first-order valence-electron chi connectivity index (χ1n) is 8.73. The normalized spacial score (nSPS) is 23.1. The summed E-state index contributed by atoms with van der Waals surface area (Å²) in [5.41, 5.74) is 2.75. The molecule has 1 aliphatic carbocycles. The summed E-state index contributed by atoms with van der Waals surface area (Å²) in [4.78, 5) is 11.4. The fraction of sp³-hybridized carbons (Fsp3) is 0.300. The molecule has 5 nitrogen and oxygen atoms in total. The van der Waals surface area contributed by atoms with Gasteiger partial charge in [0.15, 0.2) is 0 Å². The lowest BCUT2D eigenvalue weighted by Gasteiger charge is -2.37. The number of nitrogens with zero attached hydrogens (tertiary/aromatic N) is 1. The van der Waals surface area contributed by atoms with E-state index in [1.165, 1.54) is 6.07 Å². The number of nitro groups is 1. The molecule has 4 rings (SSSR count). The van der Waals surface area contributed by atoms with Crippen molar-refractivity contribution in [3.8, 4) is 5.75 Å². The van der Waals surface area contributed by atoms with E-state index in [1.807, 2.05) is 31.2 Å². The predicted octanol–water partition coefficient (Wildman–Crippen LogP) is 5.58. The van der Waals surface area contributed by atoms with Crippen molar-refractivity contribution in [3.05, 3.63) is 74.3 Å². The van der Waals surface area contributed by atoms with Gasteiger partial charge in [-0.15, -0.1) is 0 Å². The number of rotatable bonds is 4. The van der Waals surface area contributed by atoms with Gasteiger partial charge in [-0.3, -0.25) is 10.1 Å². The van der Waals surface area contributed by atoms with E-state index in [-0.39, 0.29) is 22.6 Å². The summed E-state index contributed by atoms with van der Waals surface area (Å²) in [5.74, 6) is 1.01. The van der Waals surface area contributed by atoms with Gasteiger partial charge in [-0.1, -0.05) is 46.3 Å². The fourth-order valence-electron chi connectivity index (χ4n) is 4.08. The molecule has 134 valence electrons. The van der Waals surface area contributed by atoms with Crippen LogP contribution in [0.2, 0.25) is 0 Å². The van der Waals surface area contributed by atoms with Gasteiger partial charge < -0.3 is 10.1 Å². The molecule has 0 amide bonds. The van der Waals surface area contributed by atoms with Crippen LogP contribution in [-0.2, 0) is 0 Å². The fourth-order valence-corrected chi connectivity index (χ4v) is 4.62. The van der Waals surface area contributed by atoms with Crippen LogP contribution in [0.5, 0.6) is 5.75 Å². The zero-order valence-corrected chi connectivity index (χ0v) is 15.9. The number of hydrogen-bond acceptors (Lipinski definition) is 4. The Labute approximate surface area is 160 Å². The Kier molecular flexibility index (Phi) is 4.44. The molecule has 0 aromatic heterocycles. The Morgan fingerprint density at radius 2 is 2.12 bits per heavy atom. The quantitative estimate of drug-likeness (QED) is 0.402. The average Bonchev–Trinajstić information content (AvgIpc) is 3.11. The van der Waals surface area contributed by atoms with Gasteiger partial charge in [0.2, 0.25) is 0 Å². The second-order valence-electron chi connectivity index (χ2n) is 6.59. The van der Waals surface area contributed by atoms with Gasteiger partial charge in [0, 0.05) is 10.4 Å². The van der Waals surface area contributed by atoms with Crippen molar-refractivity contribution < 1.29 is 9.66 Å². The number of nitrogens with one attached hydrogen (secondary N) is 1. The maximum Gasteiger partial charge on any atom is 0.296 e. The predicted molar refractivity (Wildman–Crippen MR) is 105 cm³/mol. The van der Waals surface area contributed by atoms with E-state index in [4.69, 9.17) is 4.74 Å². The standard InChI is InChI=1S/C20H19BrN2O3/c1-2-26-12-10-16-13-7-5-8-14(13)19(15-6-3-4-9-17(15)21)22-20(16)18(11-12)23(24)25/h3-7,9-11,13-14,19,22H,2,8H2,1H3/t13-,14-,19-/m0/s1. The Morgan fingerprint density at radius 3 is 2.85 bits per heavy atom. The molecule has 0 saturated heterocycles. The molecule has 0 fully saturated rings. The third-order valence-electron chi connectivity index (χ3n) is 5.17. The Balaban J connectivity index is 1.87. The molecular weight excluding hydrogens is 396 g/mol. The van der Waals surface area contributed by atoms with Crippen LogP contribution in [0.3, 0.4) is 0 Å². The van der Waals surface area contributed by atoms with Crippen LogP contribution < -0.4 is 10.1 Å². The molecule has 1 aliphatic heterocycles. The van der Waals surface area contributed by atoms with E-state index >= 15 is 0 Å². The van der Waals surface area contributed by atoms with E-state index < -0.39 is 0 Å². The smallest absolute Gasteiger partial charge is 0.296 e. The van der Waals surface area contributed by atoms with Crippen molar-refractivity contribution >= 4 is 27.3 Å². The molecule has 0 radical (unpaired) electrons. The Hall–Kier alpha value is -2.34. The first-order chi connectivity index (χ1) is 12.6. The van der Waals surface area contributed by atoms with Gasteiger partial charge in [0.05, 0.1) is 23.6 Å². The highest BCUT2D eigenvalue weighted by molar-refractivity contribution is 9.10.